The molecule has 1 aliphatic heterocycles. The quantitative estimate of drug-likeness (QED) is 0.428. The molecule has 2 aromatic carbocycles. The van der Waals surface area contributed by atoms with Crippen LogP contribution in [0.2, 0.25) is 0 Å². The Morgan fingerprint density at radius 2 is 1.86 bits per heavy atom. The first-order chi connectivity index (χ1) is 18.2. The smallest absolute Gasteiger partial charge is 0.276 e. The number of nitrogens with zero attached hydrogens (tertiary/aromatic N) is 3. The van der Waals surface area contributed by atoms with Crippen LogP contribution in [0.15, 0.2) is 42.5 Å². The Kier molecular flexibility index (Phi) is 8.71. The van der Waals surface area contributed by atoms with Gasteiger partial charge in [-0.2, -0.15) is 5.10 Å². The molecule has 0 radical (unpaired) electrons. The van der Waals surface area contributed by atoms with Crippen molar-refractivity contribution in [2.45, 2.75) is 45.2 Å². The van der Waals surface area contributed by atoms with E-state index in [9.17, 15) is 4.79 Å². The second-order valence-electron chi connectivity index (χ2n) is 10.1. The van der Waals surface area contributed by atoms with Crippen LogP contribution in [0.25, 0.3) is 10.9 Å². The molecule has 2 N–H and O–H groups in total. The first kappa shape index (κ1) is 25.7. The van der Waals surface area contributed by atoms with Gasteiger partial charge in [0.15, 0.2) is 5.69 Å². The standard InChI is InChI=1S/C29H39N5O3/c1-36-26-13-7-11-24-27(32-34(28(24)26)15-14-33-16-18-37-19-17-33)29(35)31-25-12-6-5-10-23(25)21-30-20-22-8-3-2-4-9-22/h5-7,10-13,22,30H,2-4,8-9,14-21H2,1H3,(H,31,35). The maximum Gasteiger partial charge on any atom is 0.276 e. The fraction of sp³-hybridized carbons (Fsp3) is 0.517. The molecule has 3 aromatic rings. The molecule has 0 bridgehead atoms. The van der Waals surface area contributed by atoms with Crippen molar-refractivity contribution in [2.24, 2.45) is 5.92 Å². The second kappa shape index (κ2) is 12.5. The maximum atomic E-state index is 13.5. The minimum atomic E-state index is -0.205. The van der Waals surface area contributed by atoms with Gasteiger partial charge in [0.25, 0.3) is 5.91 Å². The van der Waals surface area contributed by atoms with Gasteiger partial charge in [0, 0.05) is 37.3 Å². The van der Waals surface area contributed by atoms with Gasteiger partial charge in [0.05, 0.1) is 26.9 Å². The molecule has 5 rings (SSSR count). The van der Waals surface area contributed by atoms with Gasteiger partial charge >= 0.3 is 0 Å². The number of carbonyl (C=O) groups excluding carboxylic acids is 1. The number of nitrogens with one attached hydrogen (secondary N) is 2. The monoisotopic (exact) mass is 505 g/mol. The van der Waals surface area contributed by atoms with E-state index in [-0.39, 0.29) is 5.91 Å². The summed E-state index contributed by atoms with van der Waals surface area (Å²) in [7, 11) is 1.66. The molecule has 8 heteroatoms. The van der Waals surface area contributed by atoms with E-state index in [0.29, 0.717) is 12.2 Å². The van der Waals surface area contributed by atoms with E-state index in [2.05, 4.69) is 21.6 Å². The molecule has 8 nitrogen and oxygen atoms in total. The fourth-order valence-electron chi connectivity index (χ4n) is 5.54. The van der Waals surface area contributed by atoms with Crippen molar-refractivity contribution >= 4 is 22.5 Å². The van der Waals surface area contributed by atoms with Crippen LogP contribution in [0.4, 0.5) is 5.69 Å². The molecular formula is C29H39N5O3. The molecule has 2 heterocycles. The Labute approximate surface area is 219 Å². The van der Waals surface area contributed by atoms with Gasteiger partial charge in [0.1, 0.15) is 11.3 Å². The number of amides is 1. The van der Waals surface area contributed by atoms with E-state index >= 15 is 0 Å². The van der Waals surface area contributed by atoms with E-state index in [1.807, 2.05) is 41.1 Å². The van der Waals surface area contributed by atoms with Gasteiger partial charge in [-0.05, 0) is 43.0 Å². The van der Waals surface area contributed by atoms with Crippen molar-refractivity contribution in [3.8, 4) is 5.75 Å². The van der Waals surface area contributed by atoms with Crippen LogP contribution in [0, 0.1) is 5.92 Å². The van der Waals surface area contributed by atoms with Crippen molar-refractivity contribution in [3.05, 3.63) is 53.7 Å². The number of aromatic nitrogens is 2. The summed E-state index contributed by atoms with van der Waals surface area (Å²) in [6, 6.07) is 13.8. The van der Waals surface area contributed by atoms with E-state index in [0.717, 1.165) is 79.8 Å². The topological polar surface area (TPSA) is 80.7 Å². The summed E-state index contributed by atoms with van der Waals surface area (Å²) in [6.45, 7) is 6.61. The molecule has 0 spiro atoms. The molecular weight excluding hydrogens is 466 g/mol. The summed E-state index contributed by atoms with van der Waals surface area (Å²) in [4.78, 5) is 15.9. The number of morpholine rings is 1. The van der Waals surface area contributed by atoms with Crippen LogP contribution in [0.1, 0.15) is 48.2 Å². The largest absolute Gasteiger partial charge is 0.494 e. The third-order valence-corrected chi connectivity index (χ3v) is 7.64. The first-order valence-corrected chi connectivity index (χ1v) is 13.7. The highest BCUT2D eigenvalue weighted by Crippen LogP contribution is 2.29. The molecule has 1 aliphatic carbocycles. The summed E-state index contributed by atoms with van der Waals surface area (Å²) in [5, 5.41) is 12.3. The zero-order valence-electron chi connectivity index (χ0n) is 21.9. The first-order valence-electron chi connectivity index (χ1n) is 13.7. The van der Waals surface area contributed by atoms with Gasteiger partial charge in [-0.1, -0.05) is 49.6 Å². The predicted molar refractivity (Wildman–Crippen MR) is 146 cm³/mol. The summed E-state index contributed by atoms with van der Waals surface area (Å²) in [5.41, 5.74) is 3.18. The van der Waals surface area contributed by atoms with Crippen LogP contribution < -0.4 is 15.4 Å². The summed E-state index contributed by atoms with van der Waals surface area (Å²) >= 11 is 0. The number of methoxy groups -OCH3 is 1. The zero-order chi connectivity index (χ0) is 25.5. The van der Waals surface area contributed by atoms with Crippen LogP contribution in [-0.4, -0.2) is 67.1 Å². The lowest BCUT2D eigenvalue weighted by Crippen LogP contribution is -2.38. The highest BCUT2D eigenvalue weighted by atomic mass is 16.5. The zero-order valence-corrected chi connectivity index (χ0v) is 21.9. The lowest BCUT2D eigenvalue weighted by Gasteiger charge is -2.26. The molecule has 1 aromatic heterocycles. The van der Waals surface area contributed by atoms with Gasteiger partial charge < -0.3 is 20.1 Å². The number of anilines is 1. The van der Waals surface area contributed by atoms with Crippen molar-refractivity contribution < 1.29 is 14.3 Å². The minimum Gasteiger partial charge on any atom is -0.494 e. The SMILES string of the molecule is COc1cccc2c(C(=O)Nc3ccccc3CNCC3CCCCC3)nn(CCN3CCOCC3)c12. The van der Waals surface area contributed by atoms with E-state index < -0.39 is 0 Å². The highest BCUT2D eigenvalue weighted by molar-refractivity contribution is 6.12. The van der Waals surface area contributed by atoms with Crippen LogP contribution in [-0.2, 0) is 17.8 Å². The van der Waals surface area contributed by atoms with Gasteiger partial charge in [0.2, 0.25) is 0 Å². The normalized spacial score (nSPS) is 17.2. The molecule has 198 valence electrons. The van der Waals surface area contributed by atoms with Gasteiger partial charge in [-0.25, -0.2) is 0 Å². The van der Waals surface area contributed by atoms with E-state index in [4.69, 9.17) is 14.6 Å². The van der Waals surface area contributed by atoms with Crippen LogP contribution in [0.5, 0.6) is 5.75 Å². The summed E-state index contributed by atoms with van der Waals surface area (Å²) in [6.07, 6.45) is 6.69. The minimum absolute atomic E-state index is 0.205. The lowest BCUT2D eigenvalue weighted by molar-refractivity contribution is 0.0361. The van der Waals surface area contributed by atoms with Crippen molar-refractivity contribution in [3.63, 3.8) is 0 Å². The molecule has 2 aliphatic rings. The van der Waals surface area contributed by atoms with E-state index in [1.54, 1.807) is 7.11 Å². The number of ether oxygens (including phenoxy) is 2. The number of benzene rings is 2. The average Bonchev–Trinajstić information content (AvgIpc) is 3.33. The molecule has 37 heavy (non-hydrogen) atoms. The van der Waals surface area contributed by atoms with Crippen molar-refractivity contribution in [2.75, 3.05) is 51.8 Å². The van der Waals surface area contributed by atoms with E-state index in [1.165, 1.54) is 32.1 Å². The third-order valence-electron chi connectivity index (χ3n) is 7.64. The fourth-order valence-corrected chi connectivity index (χ4v) is 5.54. The molecule has 0 unspecified atom stereocenters. The highest BCUT2D eigenvalue weighted by Gasteiger charge is 2.22. The number of hydrogen-bond acceptors (Lipinski definition) is 6. The average molecular weight is 506 g/mol. The molecule has 1 saturated carbocycles. The van der Waals surface area contributed by atoms with Gasteiger partial charge in [-0.3, -0.25) is 14.4 Å². The predicted octanol–water partition coefficient (Wildman–Crippen LogP) is 4.30. The van der Waals surface area contributed by atoms with Crippen molar-refractivity contribution in [1.82, 2.24) is 20.0 Å². The molecule has 2 fully saturated rings. The third kappa shape index (κ3) is 6.32. The Morgan fingerprint density at radius 1 is 1.05 bits per heavy atom. The lowest BCUT2D eigenvalue weighted by atomic mass is 9.89. The van der Waals surface area contributed by atoms with Crippen LogP contribution in [0.3, 0.4) is 0 Å². The Morgan fingerprint density at radius 3 is 2.68 bits per heavy atom. The van der Waals surface area contributed by atoms with Crippen LogP contribution >= 0.6 is 0 Å². The molecule has 1 saturated heterocycles. The number of rotatable bonds is 10. The number of fused-ring (bicyclic) bond motifs is 1. The Balaban J connectivity index is 1.31. The van der Waals surface area contributed by atoms with Crippen molar-refractivity contribution in [1.29, 1.82) is 0 Å². The molecule has 0 atom stereocenters. The number of para-hydroxylation sites is 2. The Bertz CT molecular complexity index is 1180. The summed E-state index contributed by atoms with van der Waals surface area (Å²) in [5.74, 6) is 1.28. The summed E-state index contributed by atoms with van der Waals surface area (Å²) < 4.78 is 13.0. The Hall–Kier alpha value is -2.94. The number of carbonyl (C=O) groups is 1. The maximum absolute atomic E-state index is 13.5. The molecule has 1 amide bonds. The second-order valence-corrected chi connectivity index (χ2v) is 10.1. The van der Waals surface area contributed by atoms with Gasteiger partial charge in [-0.15, -0.1) is 0 Å². The number of hydrogen-bond donors (Lipinski definition) is 2.